The number of hydrazine groups is 1. The average molecular weight is 478 g/mol. The molecule has 1 unspecified atom stereocenters. The van der Waals surface area contributed by atoms with E-state index in [1.54, 1.807) is 52.5 Å². The summed E-state index contributed by atoms with van der Waals surface area (Å²) in [6.45, 7) is 7.24. The predicted molar refractivity (Wildman–Crippen MR) is 136 cm³/mol. The summed E-state index contributed by atoms with van der Waals surface area (Å²) in [6.07, 6.45) is 6.46. The first kappa shape index (κ1) is 24.6. The molecule has 4 aromatic heterocycles. The lowest BCUT2D eigenvalue weighted by Gasteiger charge is -2.23. The molecule has 0 radical (unpaired) electrons. The zero-order valence-corrected chi connectivity index (χ0v) is 20.7. The van der Waals surface area contributed by atoms with Crippen LogP contribution in [0.5, 0.6) is 0 Å². The van der Waals surface area contributed by atoms with Crippen LogP contribution in [0, 0.1) is 5.82 Å². The van der Waals surface area contributed by atoms with E-state index < -0.39 is 11.6 Å². The van der Waals surface area contributed by atoms with Crippen LogP contribution in [0.15, 0.2) is 48.6 Å². The fourth-order valence-corrected chi connectivity index (χ4v) is 4.57. The minimum absolute atomic E-state index is 0.349. The van der Waals surface area contributed by atoms with Gasteiger partial charge in [0.25, 0.3) is 0 Å². The van der Waals surface area contributed by atoms with Gasteiger partial charge in [-0.05, 0) is 51.5 Å². The molecule has 0 aliphatic heterocycles. The molecule has 8 nitrogen and oxygen atoms in total. The first-order valence-electron chi connectivity index (χ1n) is 11.6. The van der Waals surface area contributed by atoms with Crippen molar-refractivity contribution in [3.8, 4) is 0 Å². The maximum Gasteiger partial charge on any atom is 0.146 e. The number of aliphatic hydroxyl groups is 1. The maximum atomic E-state index is 15.1. The number of nitrogens with two attached hydrogens (primary N) is 2. The lowest BCUT2D eigenvalue weighted by Crippen LogP contribution is -2.27. The lowest BCUT2D eigenvalue weighted by atomic mass is 10.00. The Balaban J connectivity index is 2.13. The predicted octanol–water partition coefficient (Wildman–Crippen LogP) is 4.19. The number of nitrogens with zero attached hydrogens (tertiary/aromatic N) is 5. The Bertz CT molecular complexity index is 1410. The van der Waals surface area contributed by atoms with Gasteiger partial charge in [0, 0.05) is 42.3 Å². The maximum absolute atomic E-state index is 15.1. The van der Waals surface area contributed by atoms with Gasteiger partial charge < -0.3 is 20.4 Å². The van der Waals surface area contributed by atoms with Crippen molar-refractivity contribution in [2.75, 3.05) is 7.05 Å². The van der Waals surface area contributed by atoms with Crippen molar-refractivity contribution < 1.29 is 9.50 Å². The van der Waals surface area contributed by atoms with E-state index in [0.29, 0.717) is 40.3 Å². The number of halogens is 1. The first-order chi connectivity index (χ1) is 16.5. The Morgan fingerprint density at radius 3 is 2.54 bits per heavy atom. The van der Waals surface area contributed by atoms with E-state index in [0.717, 1.165) is 22.8 Å². The van der Waals surface area contributed by atoms with Crippen molar-refractivity contribution in [1.29, 1.82) is 0 Å². The van der Waals surface area contributed by atoms with E-state index in [9.17, 15) is 5.11 Å². The Morgan fingerprint density at radius 1 is 1.20 bits per heavy atom. The van der Waals surface area contributed by atoms with E-state index in [1.165, 1.54) is 11.1 Å². The van der Waals surface area contributed by atoms with Gasteiger partial charge in [-0.1, -0.05) is 13.3 Å². The molecule has 4 aromatic rings. The van der Waals surface area contributed by atoms with Gasteiger partial charge >= 0.3 is 0 Å². The van der Waals surface area contributed by atoms with Gasteiger partial charge in [0.15, 0.2) is 0 Å². The highest BCUT2D eigenvalue weighted by Gasteiger charge is 2.26. The second-order valence-corrected chi connectivity index (χ2v) is 9.42. The van der Waals surface area contributed by atoms with E-state index in [1.807, 2.05) is 16.7 Å². The van der Waals surface area contributed by atoms with Gasteiger partial charge in [0.1, 0.15) is 5.82 Å². The van der Waals surface area contributed by atoms with Crippen molar-refractivity contribution in [2.24, 2.45) is 11.6 Å². The van der Waals surface area contributed by atoms with Crippen LogP contribution in [0.4, 0.5) is 4.39 Å². The van der Waals surface area contributed by atoms with Crippen molar-refractivity contribution >= 4 is 27.6 Å². The van der Waals surface area contributed by atoms with Crippen LogP contribution in [0.25, 0.3) is 27.6 Å². The molecule has 0 aliphatic carbocycles. The summed E-state index contributed by atoms with van der Waals surface area (Å²) in [4.78, 5) is 13.7. The van der Waals surface area contributed by atoms with E-state index in [-0.39, 0.29) is 5.82 Å². The highest BCUT2D eigenvalue weighted by molar-refractivity contribution is 6.06. The molecule has 0 aliphatic rings. The summed E-state index contributed by atoms with van der Waals surface area (Å²) < 4.78 is 17.1. The molecule has 35 heavy (non-hydrogen) atoms. The van der Waals surface area contributed by atoms with E-state index in [4.69, 9.17) is 16.6 Å². The third kappa shape index (κ3) is 4.44. The number of hydrogen-bond donors (Lipinski definition) is 3. The standard InChI is InChI=1S/C26H32FN7O/c1-6-8-20(24-18(27)9-7-10-30-24)34-21-12-19(25(15(2)28)33(5)29)31-14-17(21)23-22(34)11-16(13-32-23)26(3,4)35/h7,9-14,20,35H,6,8,28-29H2,1-5H3/b25-15-. The van der Waals surface area contributed by atoms with Crippen LogP contribution in [-0.4, -0.2) is 36.7 Å². The Kier molecular flexibility index (Phi) is 6.48. The quantitative estimate of drug-likeness (QED) is 0.270. The molecule has 0 fully saturated rings. The third-order valence-electron chi connectivity index (χ3n) is 6.18. The van der Waals surface area contributed by atoms with Gasteiger partial charge in [0.2, 0.25) is 0 Å². The molecule has 5 N–H and O–H groups in total. The average Bonchev–Trinajstić information content (AvgIpc) is 3.10. The van der Waals surface area contributed by atoms with Gasteiger partial charge in [-0.3, -0.25) is 15.0 Å². The number of pyridine rings is 3. The molecule has 0 spiro atoms. The molecular weight excluding hydrogens is 445 g/mol. The summed E-state index contributed by atoms with van der Waals surface area (Å²) in [6, 6.07) is 6.42. The zero-order chi connectivity index (χ0) is 25.5. The molecule has 0 saturated carbocycles. The highest BCUT2D eigenvalue weighted by Crippen LogP contribution is 2.37. The van der Waals surface area contributed by atoms with Crippen molar-refractivity contribution in [1.82, 2.24) is 24.5 Å². The molecule has 1 atom stereocenters. The fourth-order valence-electron chi connectivity index (χ4n) is 4.57. The Labute approximate surface area is 204 Å². The third-order valence-corrected chi connectivity index (χ3v) is 6.18. The topological polar surface area (TPSA) is 119 Å². The normalized spacial score (nSPS) is 13.8. The van der Waals surface area contributed by atoms with Crippen LogP contribution in [-0.2, 0) is 5.60 Å². The molecule has 0 aromatic carbocycles. The molecule has 4 heterocycles. The van der Waals surface area contributed by atoms with Crippen molar-refractivity contribution in [2.45, 2.75) is 52.2 Å². The second-order valence-electron chi connectivity index (χ2n) is 9.42. The van der Waals surface area contributed by atoms with Crippen LogP contribution >= 0.6 is 0 Å². The first-order valence-corrected chi connectivity index (χ1v) is 11.6. The summed E-state index contributed by atoms with van der Waals surface area (Å²) in [7, 11) is 1.70. The van der Waals surface area contributed by atoms with Crippen LogP contribution < -0.4 is 11.6 Å². The second kappa shape index (κ2) is 9.24. The largest absolute Gasteiger partial charge is 0.400 e. The minimum Gasteiger partial charge on any atom is -0.400 e. The monoisotopic (exact) mass is 477 g/mol. The Morgan fingerprint density at radius 2 is 1.94 bits per heavy atom. The molecule has 0 saturated heterocycles. The number of rotatable bonds is 7. The summed E-state index contributed by atoms with van der Waals surface area (Å²) in [5.74, 6) is 5.69. The van der Waals surface area contributed by atoms with Crippen molar-refractivity contribution in [3.05, 3.63) is 71.3 Å². The van der Waals surface area contributed by atoms with Crippen LogP contribution in [0.3, 0.4) is 0 Å². The number of aromatic nitrogens is 4. The smallest absolute Gasteiger partial charge is 0.146 e. The Hall–Kier alpha value is -3.56. The van der Waals surface area contributed by atoms with Gasteiger partial charge in [0.05, 0.1) is 45.3 Å². The zero-order valence-electron chi connectivity index (χ0n) is 20.7. The number of fused-ring (bicyclic) bond motifs is 3. The van der Waals surface area contributed by atoms with Gasteiger partial charge in [-0.15, -0.1) is 0 Å². The van der Waals surface area contributed by atoms with E-state index in [2.05, 4.69) is 16.9 Å². The molecular formula is C26H32FN7O. The van der Waals surface area contributed by atoms with Crippen LogP contribution in [0.1, 0.15) is 63.5 Å². The molecule has 4 rings (SSSR count). The fraction of sp³-hybridized carbons (Fsp3) is 0.346. The summed E-state index contributed by atoms with van der Waals surface area (Å²) >= 11 is 0. The highest BCUT2D eigenvalue weighted by atomic mass is 19.1. The number of hydrogen-bond acceptors (Lipinski definition) is 7. The molecule has 184 valence electrons. The summed E-state index contributed by atoms with van der Waals surface area (Å²) in [5, 5.41) is 12.9. The molecule has 9 heteroatoms. The van der Waals surface area contributed by atoms with Crippen molar-refractivity contribution in [3.63, 3.8) is 0 Å². The van der Waals surface area contributed by atoms with Gasteiger partial charge in [-0.2, -0.15) is 0 Å². The van der Waals surface area contributed by atoms with Gasteiger partial charge in [-0.25, -0.2) is 10.2 Å². The minimum atomic E-state index is -1.10. The number of allylic oxidation sites excluding steroid dienone is 1. The van der Waals surface area contributed by atoms with Crippen LogP contribution in [0.2, 0.25) is 0 Å². The molecule has 0 amide bonds. The SMILES string of the molecule is CCCC(c1ncccc1F)n1c2cc(/C(=C(\C)N)N(C)N)ncc2c2ncc(C(C)(C)O)cc21. The summed E-state index contributed by atoms with van der Waals surface area (Å²) in [5.41, 5.74) is 9.99. The molecule has 0 bridgehead atoms. The lowest BCUT2D eigenvalue weighted by molar-refractivity contribution is 0.0784. The van der Waals surface area contributed by atoms with E-state index >= 15 is 4.39 Å².